The van der Waals surface area contributed by atoms with Gasteiger partial charge >= 0.3 is 0 Å². The van der Waals surface area contributed by atoms with E-state index < -0.39 is 17.7 Å². The van der Waals surface area contributed by atoms with Crippen molar-refractivity contribution in [2.24, 2.45) is 0 Å². The Labute approximate surface area is 206 Å². The molecule has 1 fully saturated rings. The number of carbonyl (C=O) groups is 2. The van der Waals surface area contributed by atoms with Crippen LogP contribution in [0.1, 0.15) is 48.6 Å². The highest BCUT2D eigenvalue weighted by atomic mass is 16.5. The van der Waals surface area contributed by atoms with E-state index in [0.717, 1.165) is 29.5 Å². The van der Waals surface area contributed by atoms with Gasteiger partial charge in [0.15, 0.2) is 0 Å². The standard InChI is InChI=1S/C30H31NO4/c1-3-20-35-25-16-14-24(15-17-25)28(32)26-27(23-12-10-21(4-2)11-13-23)31(30(34)29(26)33)19-18-22-8-6-5-7-9-22/h5-17,27,32H,3-4,18-20H2,1-2H3/b28-26-. The Bertz CT molecular complexity index is 1200. The smallest absolute Gasteiger partial charge is 0.295 e. The number of ether oxygens (including phenoxy) is 1. The van der Waals surface area contributed by atoms with Gasteiger partial charge in [-0.15, -0.1) is 0 Å². The van der Waals surface area contributed by atoms with Crippen molar-refractivity contribution < 1.29 is 19.4 Å². The summed E-state index contributed by atoms with van der Waals surface area (Å²) in [5, 5.41) is 11.3. The largest absolute Gasteiger partial charge is 0.507 e. The highest BCUT2D eigenvalue weighted by Gasteiger charge is 2.45. The van der Waals surface area contributed by atoms with Crippen LogP contribution in [0.5, 0.6) is 5.75 Å². The number of carbonyl (C=O) groups excluding carboxylic acids is 2. The Hall–Kier alpha value is -3.86. The summed E-state index contributed by atoms with van der Waals surface area (Å²) in [6, 6.07) is 24.1. The number of ketones is 1. The van der Waals surface area contributed by atoms with Crippen molar-refractivity contribution in [3.8, 4) is 5.75 Å². The SMILES string of the molecule is CCCOc1ccc(/C(O)=C2/C(=O)C(=O)N(CCc3ccccc3)C2c2ccc(CC)cc2)cc1. The van der Waals surface area contributed by atoms with E-state index in [1.165, 1.54) is 0 Å². The van der Waals surface area contributed by atoms with Crippen LogP contribution >= 0.6 is 0 Å². The zero-order valence-corrected chi connectivity index (χ0v) is 20.2. The fourth-order valence-corrected chi connectivity index (χ4v) is 4.37. The second-order valence-electron chi connectivity index (χ2n) is 8.70. The molecule has 1 atom stereocenters. The summed E-state index contributed by atoms with van der Waals surface area (Å²) >= 11 is 0. The average Bonchev–Trinajstić information content (AvgIpc) is 3.16. The molecule has 0 radical (unpaired) electrons. The lowest BCUT2D eigenvalue weighted by Gasteiger charge is -2.25. The van der Waals surface area contributed by atoms with Gasteiger partial charge in [0.1, 0.15) is 11.5 Å². The molecule has 3 aromatic carbocycles. The van der Waals surface area contributed by atoms with Gasteiger partial charge < -0.3 is 14.7 Å². The molecule has 1 N–H and O–H groups in total. The number of hydrogen-bond acceptors (Lipinski definition) is 4. The van der Waals surface area contributed by atoms with Crippen LogP contribution in [0.3, 0.4) is 0 Å². The molecule has 0 bridgehead atoms. The molecule has 0 spiro atoms. The lowest BCUT2D eigenvalue weighted by atomic mass is 9.94. The number of amides is 1. The van der Waals surface area contributed by atoms with Crippen LogP contribution in [0.15, 0.2) is 84.4 Å². The third-order valence-corrected chi connectivity index (χ3v) is 6.33. The third kappa shape index (κ3) is 5.29. The van der Waals surface area contributed by atoms with E-state index in [2.05, 4.69) is 6.92 Å². The molecule has 1 heterocycles. The molecule has 35 heavy (non-hydrogen) atoms. The fraction of sp³-hybridized carbons (Fsp3) is 0.267. The monoisotopic (exact) mass is 469 g/mol. The first-order chi connectivity index (χ1) is 17.0. The van der Waals surface area contributed by atoms with Crippen molar-refractivity contribution in [1.29, 1.82) is 0 Å². The number of aryl methyl sites for hydroxylation is 1. The Balaban J connectivity index is 1.72. The number of hydrogen-bond donors (Lipinski definition) is 1. The molecule has 0 saturated carbocycles. The van der Waals surface area contributed by atoms with Gasteiger partial charge in [0.25, 0.3) is 11.7 Å². The average molecular weight is 470 g/mol. The van der Waals surface area contributed by atoms with Crippen LogP contribution < -0.4 is 4.74 Å². The molecule has 180 valence electrons. The highest BCUT2D eigenvalue weighted by Crippen LogP contribution is 2.39. The van der Waals surface area contributed by atoms with E-state index in [0.29, 0.717) is 30.9 Å². The lowest BCUT2D eigenvalue weighted by Crippen LogP contribution is -2.31. The first-order valence-corrected chi connectivity index (χ1v) is 12.2. The van der Waals surface area contributed by atoms with Crippen molar-refractivity contribution in [3.63, 3.8) is 0 Å². The van der Waals surface area contributed by atoms with E-state index in [9.17, 15) is 14.7 Å². The van der Waals surface area contributed by atoms with Crippen molar-refractivity contribution in [2.75, 3.05) is 13.2 Å². The van der Waals surface area contributed by atoms with Crippen LogP contribution in [0.2, 0.25) is 0 Å². The van der Waals surface area contributed by atoms with E-state index in [1.807, 2.05) is 61.5 Å². The number of rotatable bonds is 9. The summed E-state index contributed by atoms with van der Waals surface area (Å²) in [5.74, 6) is -0.725. The Morgan fingerprint density at radius 1 is 0.886 bits per heavy atom. The first-order valence-electron chi connectivity index (χ1n) is 12.2. The van der Waals surface area contributed by atoms with Crippen LogP contribution in [-0.4, -0.2) is 34.8 Å². The molecule has 1 unspecified atom stereocenters. The molecule has 1 amide bonds. The number of likely N-dealkylation sites (tertiary alicyclic amines) is 1. The molecule has 5 heteroatoms. The molecule has 1 aliphatic heterocycles. The quantitative estimate of drug-likeness (QED) is 0.248. The van der Waals surface area contributed by atoms with Gasteiger partial charge in [-0.3, -0.25) is 9.59 Å². The molecule has 5 nitrogen and oxygen atoms in total. The number of aliphatic hydroxyl groups is 1. The maximum Gasteiger partial charge on any atom is 0.295 e. The van der Waals surface area contributed by atoms with Gasteiger partial charge in [0, 0.05) is 12.1 Å². The van der Waals surface area contributed by atoms with Crippen LogP contribution in [0, 0.1) is 0 Å². The van der Waals surface area contributed by atoms with Crippen molar-refractivity contribution in [2.45, 2.75) is 39.2 Å². The van der Waals surface area contributed by atoms with Crippen molar-refractivity contribution in [3.05, 3.63) is 107 Å². The summed E-state index contributed by atoms with van der Waals surface area (Å²) in [6.07, 6.45) is 2.40. The molecular weight excluding hydrogens is 438 g/mol. The third-order valence-electron chi connectivity index (χ3n) is 6.33. The lowest BCUT2D eigenvalue weighted by molar-refractivity contribution is -0.139. The molecule has 1 saturated heterocycles. The Morgan fingerprint density at radius 2 is 1.57 bits per heavy atom. The van der Waals surface area contributed by atoms with Crippen molar-refractivity contribution in [1.82, 2.24) is 4.90 Å². The minimum absolute atomic E-state index is 0.120. The Morgan fingerprint density at radius 3 is 2.20 bits per heavy atom. The van der Waals surface area contributed by atoms with E-state index in [1.54, 1.807) is 29.2 Å². The van der Waals surface area contributed by atoms with Gasteiger partial charge in [-0.05, 0) is 60.2 Å². The molecule has 3 aromatic rings. The second kappa shape index (κ2) is 11.0. The van der Waals surface area contributed by atoms with Gasteiger partial charge in [-0.2, -0.15) is 0 Å². The summed E-state index contributed by atoms with van der Waals surface area (Å²) in [6.45, 7) is 5.08. The fourth-order valence-electron chi connectivity index (χ4n) is 4.37. The zero-order chi connectivity index (χ0) is 24.8. The van der Waals surface area contributed by atoms with Crippen LogP contribution in [-0.2, 0) is 22.4 Å². The van der Waals surface area contributed by atoms with E-state index in [-0.39, 0.29) is 11.3 Å². The van der Waals surface area contributed by atoms with Crippen LogP contribution in [0.4, 0.5) is 0 Å². The van der Waals surface area contributed by atoms with Crippen LogP contribution in [0.25, 0.3) is 5.76 Å². The maximum atomic E-state index is 13.2. The number of nitrogens with zero attached hydrogens (tertiary/aromatic N) is 1. The zero-order valence-electron chi connectivity index (χ0n) is 20.2. The molecular formula is C30H31NO4. The first kappa shape index (κ1) is 24.3. The van der Waals surface area contributed by atoms with Gasteiger partial charge in [0.05, 0.1) is 18.2 Å². The van der Waals surface area contributed by atoms with Gasteiger partial charge in [-0.1, -0.05) is 68.4 Å². The molecule has 4 rings (SSSR count). The van der Waals surface area contributed by atoms with E-state index in [4.69, 9.17) is 4.74 Å². The summed E-state index contributed by atoms with van der Waals surface area (Å²) < 4.78 is 5.63. The number of Topliss-reactive ketones (excluding diaryl/α,β-unsaturated/α-hetero) is 1. The minimum atomic E-state index is -0.661. The summed E-state index contributed by atoms with van der Waals surface area (Å²) in [5.41, 5.74) is 3.65. The van der Waals surface area contributed by atoms with Gasteiger partial charge in [0.2, 0.25) is 0 Å². The van der Waals surface area contributed by atoms with E-state index >= 15 is 0 Å². The molecule has 0 aromatic heterocycles. The predicted octanol–water partition coefficient (Wildman–Crippen LogP) is 5.70. The normalized spacial score (nSPS) is 17.1. The Kier molecular flexibility index (Phi) is 7.66. The van der Waals surface area contributed by atoms with Crippen molar-refractivity contribution >= 4 is 17.4 Å². The predicted molar refractivity (Wildman–Crippen MR) is 137 cm³/mol. The summed E-state index contributed by atoms with van der Waals surface area (Å²) in [7, 11) is 0. The minimum Gasteiger partial charge on any atom is -0.507 e. The van der Waals surface area contributed by atoms with Gasteiger partial charge in [-0.25, -0.2) is 0 Å². The highest BCUT2D eigenvalue weighted by molar-refractivity contribution is 6.46. The molecule has 1 aliphatic rings. The topological polar surface area (TPSA) is 66.8 Å². The molecule has 0 aliphatic carbocycles. The maximum absolute atomic E-state index is 13.2. The number of aliphatic hydroxyl groups excluding tert-OH is 1. The summed E-state index contributed by atoms with van der Waals surface area (Å²) in [4.78, 5) is 28.0. The second-order valence-corrected chi connectivity index (χ2v) is 8.70. The number of benzene rings is 3.